The zero-order valence-electron chi connectivity index (χ0n) is 20.5. The Balaban J connectivity index is 2.75. The average Bonchev–Trinajstić information content (AvgIpc) is 2.83. The van der Waals surface area contributed by atoms with Gasteiger partial charge in [-0.15, -0.1) is 0 Å². The first-order valence-electron chi connectivity index (χ1n) is 11.1. The number of rotatable bonds is 12. The molecule has 0 spiro atoms. The molecule has 0 radical (unpaired) electrons. The Morgan fingerprint density at radius 1 is 0.846 bits per heavy atom. The lowest BCUT2D eigenvalue weighted by Gasteiger charge is -2.28. The van der Waals surface area contributed by atoms with Crippen molar-refractivity contribution in [2.75, 3.05) is 7.11 Å². The Kier molecular flexibility index (Phi) is 12.5. The van der Waals surface area contributed by atoms with Crippen LogP contribution in [0.5, 0.6) is 0 Å². The topological polar surface area (TPSA) is 163 Å². The first-order chi connectivity index (χ1) is 17.9. The third-order valence-corrected chi connectivity index (χ3v) is 5.03. The molecule has 0 saturated carbocycles. The molecular formula is C22H27F6N3O8. The number of aliphatic hydroxyl groups excluding tert-OH is 2. The van der Waals surface area contributed by atoms with Gasteiger partial charge in [0.05, 0.1) is 32.2 Å². The number of hydrogen-bond donors (Lipinski definition) is 5. The zero-order valence-corrected chi connectivity index (χ0v) is 20.5. The lowest BCUT2D eigenvalue weighted by atomic mass is 10.1. The first kappa shape index (κ1) is 33.4. The summed E-state index contributed by atoms with van der Waals surface area (Å²) in [6.07, 6.45) is -19.5. The van der Waals surface area contributed by atoms with Gasteiger partial charge in [-0.1, -0.05) is 30.3 Å². The molecule has 0 fully saturated rings. The second-order valence-electron chi connectivity index (χ2n) is 8.16. The van der Waals surface area contributed by atoms with E-state index in [1.54, 1.807) is 23.5 Å². The molecule has 0 aliphatic rings. The van der Waals surface area contributed by atoms with Crippen molar-refractivity contribution in [2.24, 2.45) is 0 Å². The van der Waals surface area contributed by atoms with Crippen LogP contribution >= 0.6 is 0 Å². The molecule has 3 amide bonds. The summed E-state index contributed by atoms with van der Waals surface area (Å²) < 4.78 is 88.7. The number of carbonyl (C=O) groups is 4. The number of halogens is 6. The van der Waals surface area contributed by atoms with Crippen LogP contribution in [-0.2, 0) is 30.5 Å². The van der Waals surface area contributed by atoms with Crippen molar-refractivity contribution in [2.45, 2.75) is 69.1 Å². The quantitative estimate of drug-likeness (QED) is 0.183. The van der Waals surface area contributed by atoms with E-state index < -0.39 is 86.0 Å². The van der Waals surface area contributed by atoms with E-state index in [1.165, 1.54) is 22.8 Å². The SMILES string of the molecule is COC(=O)C[C@H](O)[C@@H](NC(=O)[C@H](C)NC(=O)C[C@H](O)[C@@H](NC(=O)OCc1ccccc1)C(F)(F)F)C(F)(F)F. The summed E-state index contributed by atoms with van der Waals surface area (Å²) in [6.45, 7) is 0.480. The highest BCUT2D eigenvalue weighted by molar-refractivity contribution is 5.87. The van der Waals surface area contributed by atoms with Crippen LogP contribution in [0.2, 0.25) is 0 Å². The molecular weight excluding hydrogens is 548 g/mol. The molecule has 0 aromatic heterocycles. The van der Waals surface area contributed by atoms with Gasteiger partial charge in [-0.2, -0.15) is 26.3 Å². The summed E-state index contributed by atoms with van der Waals surface area (Å²) in [5, 5.41) is 24.2. The van der Waals surface area contributed by atoms with Gasteiger partial charge in [0.15, 0.2) is 12.1 Å². The van der Waals surface area contributed by atoms with Crippen molar-refractivity contribution in [3.63, 3.8) is 0 Å². The fourth-order valence-electron chi connectivity index (χ4n) is 3.01. The molecule has 0 heterocycles. The summed E-state index contributed by atoms with van der Waals surface area (Å²) in [4.78, 5) is 47.2. The highest BCUT2D eigenvalue weighted by Crippen LogP contribution is 2.25. The lowest BCUT2D eigenvalue weighted by Crippen LogP contribution is -2.58. The number of amides is 3. The van der Waals surface area contributed by atoms with Gasteiger partial charge < -0.3 is 35.6 Å². The van der Waals surface area contributed by atoms with Crippen molar-refractivity contribution >= 4 is 23.9 Å². The largest absolute Gasteiger partial charge is 0.469 e. The molecule has 5 N–H and O–H groups in total. The number of methoxy groups -OCH3 is 1. The lowest BCUT2D eigenvalue weighted by molar-refractivity contribution is -0.184. The van der Waals surface area contributed by atoms with Gasteiger partial charge in [0.2, 0.25) is 11.8 Å². The van der Waals surface area contributed by atoms with Crippen LogP contribution < -0.4 is 16.0 Å². The number of nitrogens with one attached hydrogen (secondary N) is 3. The number of carbonyl (C=O) groups excluding carboxylic acids is 4. The number of hydrogen-bond acceptors (Lipinski definition) is 8. The molecule has 1 rings (SSSR count). The highest BCUT2D eigenvalue weighted by Gasteiger charge is 2.48. The molecule has 0 saturated heterocycles. The molecule has 39 heavy (non-hydrogen) atoms. The molecule has 1 aromatic rings. The maximum absolute atomic E-state index is 13.4. The number of aliphatic hydroxyl groups is 2. The van der Waals surface area contributed by atoms with Crippen LogP contribution in [0.1, 0.15) is 25.3 Å². The van der Waals surface area contributed by atoms with E-state index in [9.17, 15) is 55.7 Å². The standard InChI is InChI=1S/C22H27F6N3O8/c1-11(19(36)30-17(21(23,24)25)14(33)9-16(35)38-2)29-15(34)8-13(32)18(22(26,27)28)31-20(37)39-10-12-6-4-3-5-7-12/h3-7,11,13-14,17-18,32-33H,8-10H2,1-2H3,(H,29,34)(H,30,36)(H,31,37)/t11-,13-,14-,17+,18+/m0/s1. The Morgan fingerprint density at radius 2 is 1.36 bits per heavy atom. The van der Waals surface area contributed by atoms with E-state index >= 15 is 0 Å². The summed E-state index contributed by atoms with van der Waals surface area (Å²) in [5.74, 6) is -4.12. The summed E-state index contributed by atoms with van der Waals surface area (Å²) in [7, 11) is 0.856. The van der Waals surface area contributed by atoms with Gasteiger partial charge in [-0.3, -0.25) is 14.4 Å². The average molecular weight is 575 g/mol. The molecule has 0 bridgehead atoms. The van der Waals surface area contributed by atoms with Gasteiger partial charge in [0.1, 0.15) is 12.6 Å². The number of alkyl halides is 6. The third kappa shape index (κ3) is 11.8. The molecule has 220 valence electrons. The monoisotopic (exact) mass is 575 g/mol. The molecule has 0 aliphatic heterocycles. The predicted molar refractivity (Wildman–Crippen MR) is 118 cm³/mol. The van der Waals surface area contributed by atoms with E-state index in [-0.39, 0.29) is 0 Å². The number of benzene rings is 1. The second-order valence-corrected chi connectivity index (χ2v) is 8.16. The van der Waals surface area contributed by atoms with Gasteiger partial charge in [0.25, 0.3) is 0 Å². The third-order valence-electron chi connectivity index (χ3n) is 5.03. The fourth-order valence-corrected chi connectivity index (χ4v) is 3.01. The van der Waals surface area contributed by atoms with E-state index in [2.05, 4.69) is 9.47 Å². The van der Waals surface area contributed by atoms with Crippen LogP contribution in [0.4, 0.5) is 31.1 Å². The molecule has 11 nitrogen and oxygen atoms in total. The minimum absolute atomic E-state index is 0.395. The molecule has 0 aliphatic carbocycles. The van der Waals surface area contributed by atoms with Crippen molar-refractivity contribution in [1.82, 2.24) is 16.0 Å². The predicted octanol–water partition coefficient (Wildman–Crippen LogP) is 1.07. The van der Waals surface area contributed by atoms with E-state index in [4.69, 9.17) is 0 Å². The van der Waals surface area contributed by atoms with Crippen LogP contribution in [0.3, 0.4) is 0 Å². The first-order valence-corrected chi connectivity index (χ1v) is 11.1. The molecule has 0 unspecified atom stereocenters. The minimum Gasteiger partial charge on any atom is -0.469 e. The Hall–Kier alpha value is -3.60. The van der Waals surface area contributed by atoms with Gasteiger partial charge in [-0.05, 0) is 12.5 Å². The normalized spacial score (nSPS) is 15.6. The van der Waals surface area contributed by atoms with Crippen molar-refractivity contribution < 1.29 is 65.2 Å². The van der Waals surface area contributed by atoms with Crippen LogP contribution in [0.15, 0.2) is 30.3 Å². The minimum atomic E-state index is -5.25. The van der Waals surface area contributed by atoms with Crippen LogP contribution in [0, 0.1) is 0 Å². The fraction of sp³-hybridized carbons (Fsp3) is 0.545. The van der Waals surface area contributed by atoms with E-state index in [0.29, 0.717) is 5.56 Å². The summed E-state index contributed by atoms with van der Waals surface area (Å²) in [6, 6.07) is 0.183. The maximum atomic E-state index is 13.4. The van der Waals surface area contributed by atoms with E-state index in [0.717, 1.165) is 14.0 Å². The molecule has 1 aromatic carbocycles. The Morgan fingerprint density at radius 3 is 1.87 bits per heavy atom. The van der Waals surface area contributed by atoms with Gasteiger partial charge in [-0.25, -0.2) is 4.79 Å². The Bertz CT molecular complexity index is 977. The number of esters is 1. The summed E-state index contributed by atoms with van der Waals surface area (Å²) >= 11 is 0. The smallest absolute Gasteiger partial charge is 0.411 e. The zero-order chi connectivity index (χ0) is 30.0. The number of alkyl carbamates (subject to hydrolysis) is 1. The number of ether oxygens (including phenoxy) is 2. The van der Waals surface area contributed by atoms with Gasteiger partial charge in [0, 0.05) is 0 Å². The highest BCUT2D eigenvalue weighted by atomic mass is 19.4. The maximum Gasteiger partial charge on any atom is 0.411 e. The van der Waals surface area contributed by atoms with Crippen molar-refractivity contribution in [1.29, 1.82) is 0 Å². The summed E-state index contributed by atoms with van der Waals surface area (Å²) in [5.41, 5.74) is 0.453. The Labute approximate surface area is 217 Å². The van der Waals surface area contributed by atoms with Crippen LogP contribution in [0.25, 0.3) is 0 Å². The van der Waals surface area contributed by atoms with Crippen molar-refractivity contribution in [3.05, 3.63) is 35.9 Å². The van der Waals surface area contributed by atoms with Crippen LogP contribution in [-0.4, -0.2) is 83.9 Å². The molecule has 17 heteroatoms. The van der Waals surface area contributed by atoms with E-state index in [1.807, 2.05) is 0 Å². The second kappa shape index (κ2) is 14.5. The van der Waals surface area contributed by atoms with Crippen molar-refractivity contribution in [3.8, 4) is 0 Å². The van der Waals surface area contributed by atoms with Gasteiger partial charge >= 0.3 is 24.4 Å². The molecule has 5 atom stereocenters.